The molecule has 2 nitrogen and oxygen atoms in total. The van der Waals surface area contributed by atoms with E-state index in [0.29, 0.717) is 0 Å². The van der Waals surface area contributed by atoms with Crippen LogP contribution in [0.15, 0.2) is 0 Å². The summed E-state index contributed by atoms with van der Waals surface area (Å²) < 4.78 is 0. The third-order valence-electron chi connectivity index (χ3n) is 3.60. The summed E-state index contributed by atoms with van der Waals surface area (Å²) >= 11 is 0. The molecule has 0 saturated heterocycles. The van der Waals surface area contributed by atoms with E-state index in [-0.39, 0.29) is 0 Å². The minimum atomic E-state index is 0.835. The van der Waals surface area contributed by atoms with E-state index in [1.165, 1.54) is 38.6 Å². The molecule has 0 unspecified atom stereocenters. The Kier molecular flexibility index (Phi) is 4.90. The molecule has 1 aliphatic rings. The summed E-state index contributed by atoms with van der Waals surface area (Å²) in [5.74, 6) is 0. The van der Waals surface area contributed by atoms with Gasteiger partial charge in [0.25, 0.3) is 0 Å². The van der Waals surface area contributed by atoms with E-state index in [4.69, 9.17) is 0 Å². The summed E-state index contributed by atoms with van der Waals surface area (Å²) in [5, 5.41) is 0. The maximum atomic E-state index is 2.55. The normalized spacial score (nSPS) is 28.7. The fourth-order valence-corrected chi connectivity index (χ4v) is 2.55. The lowest BCUT2D eigenvalue weighted by Gasteiger charge is -2.37. The second-order valence-corrected chi connectivity index (χ2v) is 4.91. The van der Waals surface area contributed by atoms with Gasteiger partial charge in [-0.1, -0.05) is 6.92 Å². The smallest absolute Gasteiger partial charge is 0.00933 e. The second-order valence-electron chi connectivity index (χ2n) is 4.91. The zero-order valence-corrected chi connectivity index (χ0v) is 10.3. The van der Waals surface area contributed by atoms with Crippen molar-refractivity contribution in [2.75, 3.05) is 27.7 Å². The van der Waals surface area contributed by atoms with Crippen molar-refractivity contribution in [2.24, 2.45) is 0 Å². The molecule has 2 heteroatoms. The summed E-state index contributed by atoms with van der Waals surface area (Å²) in [7, 11) is 6.70. The Hall–Kier alpha value is -0.0800. The first-order valence-corrected chi connectivity index (χ1v) is 6.01. The van der Waals surface area contributed by atoms with Crippen LogP contribution in [0.4, 0.5) is 0 Å². The molecule has 0 spiro atoms. The van der Waals surface area contributed by atoms with E-state index in [1.54, 1.807) is 0 Å². The largest absolute Gasteiger partial charge is 0.306 e. The Morgan fingerprint density at radius 1 is 0.929 bits per heavy atom. The van der Waals surface area contributed by atoms with E-state index < -0.39 is 0 Å². The van der Waals surface area contributed by atoms with Crippen molar-refractivity contribution in [3.05, 3.63) is 0 Å². The minimum Gasteiger partial charge on any atom is -0.306 e. The fraction of sp³-hybridized carbons (Fsp3) is 1.00. The number of rotatable bonds is 4. The van der Waals surface area contributed by atoms with Gasteiger partial charge in [-0.15, -0.1) is 0 Å². The average molecular weight is 198 g/mol. The first kappa shape index (κ1) is 12.0. The Morgan fingerprint density at radius 2 is 1.43 bits per heavy atom. The molecular formula is C12H26N2. The van der Waals surface area contributed by atoms with Gasteiger partial charge in [-0.3, -0.25) is 0 Å². The SMILES string of the molecule is CCCN(C)C1CCC(N(C)C)CC1. The highest BCUT2D eigenvalue weighted by molar-refractivity contribution is 4.81. The molecule has 0 amide bonds. The van der Waals surface area contributed by atoms with Gasteiger partial charge in [-0.2, -0.15) is 0 Å². The second kappa shape index (κ2) is 5.72. The molecule has 84 valence electrons. The fourth-order valence-electron chi connectivity index (χ4n) is 2.55. The van der Waals surface area contributed by atoms with Crippen molar-refractivity contribution in [3.8, 4) is 0 Å². The van der Waals surface area contributed by atoms with Crippen LogP contribution in [-0.4, -0.2) is 49.6 Å². The molecule has 0 heterocycles. The topological polar surface area (TPSA) is 6.48 Å². The molecular weight excluding hydrogens is 172 g/mol. The number of hydrogen-bond acceptors (Lipinski definition) is 2. The molecule has 0 radical (unpaired) electrons. The maximum Gasteiger partial charge on any atom is 0.00933 e. The summed E-state index contributed by atoms with van der Waals surface area (Å²) in [4.78, 5) is 4.93. The van der Waals surface area contributed by atoms with Crippen molar-refractivity contribution in [1.29, 1.82) is 0 Å². The van der Waals surface area contributed by atoms with E-state index in [9.17, 15) is 0 Å². The third kappa shape index (κ3) is 3.25. The van der Waals surface area contributed by atoms with E-state index >= 15 is 0 Å². The molecule has 0 N–H and O–H groups in total. The Labute approximate surface area is 89.3 Å². The summed E-state index contributed by atoms with van der Waals surface area (Å²) in [5.41, 5.74) is 0. The lowest BCUT2D eigenvalue weighted by atomic mass is 9.90. The van der Waals surface area contributed by atoms with Gasteiger partial charge in [0.1, 0.15) is 0 Å². The highest BCUT2D eigenvalue weighted by atomic mass is 15.1. The standard InChI is InChI=1S/C12H26N2/c1-5-10-14(4)12-8-6-11(7-9-12)13(2)3/h11-12H,5-10H2,1-4H3. The quantitative estimate of drug-likeness (QED) is 0.683. The molecule has 1 rings (SSSR count). The van der Waals surface area contributed by atoms with Crippen LogP contribution in [0, 0.1) is 0 Å². The summed E-state index contributed by atoms with van der Waals surface area (Å²) in [6.45, 7) is 3.53. The maximum absolute atomic E-state index is 2.55. The van der Waals surface area contributed by atoms with E-state index in [0.717, 1.165) is 12.1 Å². The van der Waals surface area contributed by atoms with Crippen molar-refractivity contribution < 1.29 is 0 Å². The van der Waals surface area contributed by atoms with Crippen LogP contribution >= 0.6 is 0 Å². The van der Waals surface area contributed by atoms with Gasteiger partial charge < -0.3 is 9.80 Å². The predicted molar refractivity (Wildman–Crippen MR) is 62.7 cm³/mol. The van der Waals surface area contributed by atoms with Crippen molar-refractivity contribution in [2.45, 2.75) is 51.1 Å². The molecule has 0 aromatic rings. The zero-order chi connectivity index (χ0) is 10.6. The number of nitrogens with zero attached hydrogens (tertiary/aromatic N) is 2. The predicted octanol–water partition coefficient (Wildman–Crippen LogP) is 2.20. The Morgan fingerprint density at radius 3 is 1.86 bits per heavy atom. The van der Waals surface area contributed by atoms with Crippen LogP contribution in [0.2, 0.25) is 0 Å². The van der Waals surface area contributed by atoms with Crippen LogP contribution in [0.5, 0.6) is 0 Å². The molecule has 0 atom stereocenters. The van der Waals surface area contributed by atoms with Crippen molar-refractivity contribution in [1.82, 2.24) is 9.80 Å². The highest BCUT2D eigenvalue weighted by Crippen LogP contribution is 2.24. The molecule has 1 saturated carbocycles. The van der Waals surface area contributed by atoms with Crippen LogP contribution in [0.25, 0.3) is 0 Å². The monoisotopic (exact) mass is 198 g/mol. The lowest BCUT2D eigenvalue weighted by Crippen LogP contribution is -2.40. The third-order valence-corrected chi connectivity index (χ3v) is 3.60. The molecule has 1 aliphatic carbocycles. The average Bonchev–Trinajstić information content (AvgIpc) is 2.18. The Bertz CT molecular complexity index is 148. The van der Waals surface area contributed by atoms with Gasteiger partial charge in [0, 0.05) is 12.1 Å². The molecule has 1 fully saturated rings. The Balaban J connectivity index is 2.28. The number of hydrogen-bond donors (Lipinski definition) is 0. The first-order valence-electron chi connectivity index (χ1n) is 6.01. The molecule has 0 aromatic heterocycles. The van der Waals surface area contributed by atoms with Gasteiger partial charge in [0.15, 0.2) is 0 Å². The van der Waals surface area contributed by atoms with Gasteiger partial charge in [-0.05, 0) is 59.8 Å². The molecule has 0 bridgehead atoms. The summed E-state index contributed by atoms with van der Waals surface area (Å²) in [6, 6.07) is 1.69. The molecule has 14 heavy (non-hydrogen) atoms. The van der Waals surface area contributed by atoms with Crippen LogP contribution < -0.4 is 0 Å². The van der Waals surface area contributed by atoms with Crippen LogP contribution in [-0.2, 0) is 0 Å². The first-order chi connectivity index (χ1) is 6.65. The zero-order valence-electron chi connectivity index (χ0n) is 10.3. The van der Waals surface area contributed by atoms with Crippen molar-refractivity contribution in [3.63, 3.8) is 0 Å². The van der Waals surface area contributed by atoms with Gasteiger partial charge in [0.05, 0.1) is 0 Å². The minimum absolute atomic E-state index is 0.835. The summed E-state index contributed by atoms with van der Waals surface area (Å²) in [6.07, 6.45) is 6.82. The van der Waals surface area contributed by atoms with Crippen LogP contribution in [0.3, 0.4) is 0 Å². The van der Waals surface area contributed by atoms with E-state index in [2.05, 4.69) is 37.9 Å². The highest BCUT2D eigenvalue weighted by Gasteiger charge is 2.24. The van der Waals surface area contributed by atoms with Gasteiger partial charge in [-0.25, -0.2) is 0 Å². The van der Waals surface area contributed by atoms with Crippen molar-refractivity contribution >= 4 is 0 Å². The van der Waals surface area contributed by atoms with Crippen LogP contribution in [0.1, 0.15) is 39.0 Å². The van der Waals surface area contributed by atoms with Gasteiger partial charge >= 0.3 is 0 Å². The van der Waals surface area contributed by atoms with E-state index in [1.807, 2.05) is 0 Å². The lowest BCUT2D eigenvalue weighted by molar-refractivity contribution is 0.138. The molecule has 0 aliphatic heterocycles. The van der Waals surface area contributed by atoms with Gasteiger partial charge in [0.2, 0.25) is 0 Å². The molecule has 0 aromatic carbocycles.